The van der Waals surface area contributed by atoms with Gasteiger partial charge in [-0.2, -0.15) is 0 Å². The fraction of sp³-hybridized carbons (Fsp3) is 0.647. The maximum absolute atomic E-state index is 13.7. The van der Waals surface area contributed by atoms with Gasteiger partial charge < -0.3 is 19.5 Å². The third kappa shape index (κ3) is 6.85. The second-order valence-electron chi connectivity index (χ2n) is 6.44. The average molecular weight is 427 g/mol. The minimum Gasteiger partial charge on any atom is -0.490 e. The number of methoxy groups -OCH3 is 2. The Bertz CT molecular complexity index is 678. The van der Waals surface area contributed by atoms with Crippen molar-refractivity contribution in [2.75, 3.05) is 53.7 Å². The molecule has 0 spiro atoms. The van der Waals surface area contributed by atoms with Crippen molar-refractivity contribution in [2.24, 2.45) is 5.41 Å². The second kappa shape index (κ2) is 11.1. The van der Waals surface area contributed by atoms with Gasteiger partial charge >= 0.3 is 0 Å². The monoisotopic (exact) mass is 426 g/mol. The first-order valence-electron chi connectivity index (χ1n) is 8.53. The second-order valence-corrected chi connectivity index (χ2v) is 8.18. The van der Waals surface area contributed by atoms with E-state index in [2.05, 4.69) is 10.0 Å². The van der Waals surface area contributed by atoms with E-state index in [0.717, 1.165) is 32.0 Å². The van der Waals surface area contributed by atoms with Gasteiger partial charge in [-0.3, -0.25) is 0 Å². The molecular weight excluding hydrogens is 399 g/mol. The van der Waals surface area contributed by atoms with Crippen molar-refractivity contribution in [3.63, 3.8) is 0 Å². The Morgan fingerprint density at radius 3 is 2.52 bits per heavy atom. The van der Waals surface area contributed by atoms with Crippen LogP contribution in [-0.4, -0.2) is 62.1 Å². The molecule has 2 N–H and O–H groups in total. The van der Waals surface area contributed by atoms with Gasteiger partial charge in [0.25, 0.3) is 0 Å². The maximum atomic E-state index is 13.7. The molecule has 1 heterocycles. The number of hydrogen-bond donors (Lipinski definition) is 2. The minimum absolute atomic E-state index is 0. The van der Waals surface area contributed by atoms with Crippen LogP contribution in [0.4, 0.5) is 4.39 Å². The first-order chi connectivity index (χ1) is 12.4. The standard InChI is InChI=1S/C17H27FN2O5S.ClH/c1-23-9-10-25-15-4-3-14(18)11-16(15)26(21,22)20-12-17(13-24-2)5-7-19-8-6-17;/h3-4,11,19-20H,5-10,12-13H2,1-2H3;1H. The molecule has 27 heavy (non-hydrogen) atoms. The summed E-state index contributed by atoms with van der Waals surface area (Å²) in [5, 5.41) is 3.26. The Morgan fingerprint density at radius 1 is 1.19 bits per heavy atom. The summed E-state index contributed by atoms with van der Waals surface area (Å²) in [6, 6.07) is 3.45. The third-order valence-corrected chi connectivity index (χ3v) is 5.91. The Kier molecular flexibility index (Phi) is 9.92. The Balaban J connectivity index is 0.00000364. The molecule has 0 aromatic heterocycles. The molecule has 10 heteroatoms. The van der Waals surface area contributed by atoms with Crippen molar-refractivity contribution < 1.29 is 27.0 Å². The summed E-state index contributed by atoms with van der Waals surface area (Å²) in [6.45, 7) is 2.75. The normalized spacial score (nSPS) is 16.6. The van der Waals surface area contributed by atoms with Gasteiger partial charge in [0.15, 0.2) is 0 Å². The van der Waals surface area contributed by atoms with Crippen molar-refractivity contribution >= 4 is 22.4 Å². The van der Waals surface area contributed by atoms with Crippen molar-refractivity contribution in [1.29, 1.82) is 0 Å². The molecule has 1 aromatic carbocycles. The summed E-state index contributed by atoms with van der Waals surface area (Å²) >= 11 is 0. The molecule has 0 saturated carbocycles. The number of rotatable bonds is 10. The van der Waals surface area contributed by atoms with E-state index in [-0.39, 0.29) is 41.6 Å². The summed E-state index contributed by atoms with van der Waals surface area (Å²) in [6.07, 6.45) is 1.59. The van der Waals surface area contributed by atoms with Crippen molar-refractivity contribution in [1.82, 2.24) is 10.0 Å². The molecule has 1 aromatic rings. The molecule has 0 bridgehead atoms. The van der Waals surface area contributed by atoms with E-state index in [9.17, 15) is 12.8 Å². The van der Waals surface area contributed by atoms with Crippen LogP contribution in [0, 0.1) is 11.2 Å². The highest BCUT2D eigenvalue weighted by Crippen LogP contribution is 2.30. The van der Waals surface area contributed by atoms with Crippen LogP contribution in [-0.2, 0) is 19.5 Å². The van der Waals surface area contributed by atoms with E-state index in [1.807, 2.05) is 0 Å². The maximum Gasteiger partial charge on any atom is 0.244 e. The lowest BCUT2D eigenvalue weighted by molar-refractivity contribution is 0.0577. The van der Waals surface area contributed by atoms with Crippen LogP contribution in [0.25, 0.3) is 0 Å². The van der Waals surface area contributed by atoms with Crippen LogP contribution >= 0.6 is 12.4 Å². The largest absolute Gasteiger partial charge is 0.490 e. The quantitative estimate of drug-likeness (QED) is 0.552. The lowest BCUT2D eigenvalue weighted by atomic mass is 9.80. The van der Waals surface area contributed by atoms with Gasteiger partial charge in [0.1, 0.15) is 23.1 Å². The predicted molar refractivity (Wildman–Crippen MR) is 103 cm³/mol. The summed E-state index contributed by atoms with van der Waals surface area (Å²) < 4.78 is 57.5. The molecule has 156 valence electrons. The van der Waals surface area contributed by atoms with Gasteiger partial charge in [-0.15, -0.1) is 12.4 Å². The van der Waals surface area contributed by atoms with Gasteiger partial charge in [-0.1, -0.05) is 0 Å². The summed E-state index contributed by atoms with van der Waals surface area (Å²) in [4.78, 5) is -0.213. The highest BCUT2D eigenvalue weighted by molar-refractivity contribution is 7.89. The van der Waals surface area contributed by atoms with E-state index in [1.165, 1.54) is 19.2 Å². The fourth-order valence-corrected chi connectivity index (χ4v) is 4.32. The zero-order chi connectivity index (χ0) is 19.0. The van der Waals surface area contributed by atoms with Crippen molar-refractivity contribution in [2.45, 2.75) is 17.7 Å². The SMILES string of the molecule is COCCOc1ccc(F)cc1S(=O)(=O)NCC1(COC)CCNCC1.Cl. The van der Waals surface area contributed by atoms with Gasteiger partial charge in [0.2, 0.25) is 10.0 Å². The predicted octanol–water partition coefficient (Wildman–Crippen LogP) is 1.57. The molecule has 2 rings (SSSR count). The fourth-order valence-electron chi connectivity index (χ4n) is 3.01. The summed E-state index contributed by atoms with van der Waals surface area (Å²) in [5.41, 5.74) is -0.280. The molecule has 1 saturated heterocycles. The van der Waals surface area contributed by atoms with Crippen LogP contribution < -0.4 is 14.8 Å². The highest BCUT2D eigenvalue weighted by Gasteiger charge is 2.34. The minimum atomic E-state index is -3.94. The van der Waals surface area contributed by atoms with Crippen molar-refractivity contribution in [3.05, 3.63) is 24.0 Å². The van der Waals surface area contributed by atoms with E-state index in [0.29, 0.717) is 13.2 Å². The van der Waals surface area contributed by atoms with Gasteiger partial charge in [0.05, 0.1) is 13.2 Å². The summed E-state index contributed by atoms with van der Waals surface area (Å²) in [7, 11) is -0.819. The highest BCUT2D eigenvalue weighted by atomic mass is 35.5. The molecule has 1 aliphatic heterocycles. The van der Waals surface area contributed by atoms with Crippen LogP contribution in [0.3, 0.4) is 0 Å². The molecule has 0 amide bonds. The molecule has 0 unspecified atom stereocenters. The van der Waals surface area contributed by atoms with Crippen LogP contribution in [0.15, 0.2) is 23.1 Å². The summed E-state index contributed by atoms with van der Waals surface area (Å²) in [5.74, 6) is -0.542. The molecule has 0 radical (unpaired) electrons. The third-order valence-electron chi connectivity index (χ3n) is 4.49. The van der Waals surface area contributed by atoms with Gasteiger partial charge in [-0.25, -0.2) is 17.5 Å². The van der Waals surface area contributed by atoms with E-state index < -0.39 is 15.8 Å². The van der Waals surface area contributed by atoms with Gasteiger partial charge in [0, 0.05) is 26.2 Å². The zero-order valence-corrected chi connectivity index (χ0v) is 17.3. The Labute approximate surface area is 166 Å². The number of halogens is 2. The molecule has 7 nitrogen and oxygen atoms in total. The molecule has 1 aliphatic rings. The number of piperidine rings is 1. The number of ether oxygens (including phenoxy) is 3. The lowest BCUT2D eigenvalue weighted by Gasteiger charge is -2.37. The lowest BCUT2D eigenvalue weighted by Crippen LogP contribution is -2.47. The molecule has 0 aliphatic carbocycles. The number of hydrogen-bond acceptors (Lipinski definition) is 6. The zero-order valence-electron chi connectivity index (χ0n) is 15.6. The van der Waals surface area contributed by atoms with E-state index in [1.54, 1.807) is 7.11 Å². The number of nitrogens with one attached hydrogen (secondary N) is 2. The molecular formula is C17H28ClFN2O5S. The first-order valence-corrected chi connectivity index (χ1v) is 10.0. The Morgan fingerprint density at radius 2 is 1.89 bits per heavy atom. The van der Waals surface area contributed by atoms with Gasteiger partial charge in [-0.05, 0) is 44.1 Å². The van der Waals surface area contributed by atoms with Crippen LogP contribution in [0.5, 0.6) is 5.75 Å². The average Bonchev–Trinajstić information content (AvgIpc) is 2.63. The topological polar surface area (TPSA) is 85.9 Å². The number of sulfonamides is 1. The molecule has 1 fully saturated rings. The Hall–Kier alpha value is -0.970. The smallest absolute Gasteiger partial charge is 0.244 e. The number of benzene rings is 1. The van der Waals surface area contributed by atoms with Crippen LogP contribution in [0.2, 0.25) is 0 Å². The molecule has 0 atom stereocenters. The van der Waals surface area contributed by atoms with Crippen LogP contribution in [0.1, 0.15) is 12.8 Å². The van der Waals surface area contributed by atoms with Crippen molar-refractivity contribution in [3.8, 4) is 5.75 Å². The van der Waals surface area contributed by atoms with E-state index >= 15 is 0 Å². The first kappa shape index (κ1) is 24.1. The van der Waals surface area contributed by atoms with E-state index in [4.69, 9.17) is 14.2 Å².